The number of hydrogen-bond acceptors (Lipinski definition) is 6. The maximum atomic E-state index is 13.0. The fourth-order valence-corrected chi connectivity index (χ4v) is 5.03. The summed E-state index contributed by atoms with van der Waals surface area (Å²) in [7, 11) is -3.74. The second-order valence-corrected chi connectivity index (χ2v) is 8.91. The number of amides is 1. The van der Waals surface area contributed by atoms with Crippen LogP contribution in [0.15, 0.2) is 29.2 Å². The minimum absolute atomic E-state index is 0.0286. The first-order valence-corrected chi connectivity index (χ1v) is 11.1. The van der Waals surface area contributed by atoms with Crippen LogP contribution in [0.4, 0.5) is 0 Å². The van der Waals surface area contributed by atoms with Crippen LogP contribution in [-0.2, 0) is 14.8 Å². The highest BCUT2D eigenvalue weighted by molar-refractivity contribution is 7.89. The normalized spacial score (nSPS) is 18.4. The van der Waals surface area contributed by atoms with E-state index in [0.717, 1.165) is 18.4 Å². The second kappa shape index (κ2) is 10.9. The lowest BCUT2D eigenvalue weighted by Gasteiger charge is -2.33. The van der Waals surface area contributed by atoms with Gasteiger partial charge in [-0.15, -0.1) is 0 Å². The minimum Gasteiger partial charge on any atom is -0.395 e. The average molecular weight is 414 g/mol. The molecule has 3 N–H and O–H groups in total. The van der Waals surface area contributed by atoms with Crippen molar-refractivity contribution in [1.29, 1.82) is 0 Å². The Balaban J connectivity index is 2.03. The van der Waals surface area contributed by atoms with Crippen molar-refractivity contribution in [3.05, 3.63) is 29.8 Å². The van der Waals surface area contributed by atoms with Crippen LogP contribution in [0.5, 0.6) is 0 Å². The molecule has 0 radical (unpaired) electrons. The van der Waals surface area contributed by atoms with Crippen molar-refractivity contribution in [2.75, 3.05) is 45.9 Å². The van der Waals surface area contributed by atoms with Gasteiger partial charge in [0.2, 0.25) is 15.9 Å². The largest absolute Gasteiger partial charge is 0.395 e. The van der Waals surface area contributed by atoms with Gasteiger partial charge in [0, 0.05) is 32.7 Å². The average Bonchev–Trinajstić information content (AvgIpc) is 2.68. The van der Waals surface area contributed by atoms with E-state index in [2.05, 4.69) is 5.32 Å². The molecule has 0 aromatic heterocycles. The fraction of sp³-hybridized carbons (Fsp3) is 0.632. The molecule has 0 saturated carbocycles. The number of carbonyl (C=O) groups excluding carboxylic acids is 1. The van der Waals surface area contributed by atoms with Gasteiger partial charge in [0.1, 0.15) is 6.04 Å². The third-order valence-corrected chi connectivity index (χ3v) is 6.87. The Bertz CT molecular complexity index is 718. The van der Waals surface area contributed by atoms with E-state index in [1.54, 1.807) is 24.3 Å². The SMILES string of the molecule is Cc1ccc(S(=O)(=O)N2CCCC[C@H]2C(=O)NCCN(CCO)CCO)cc1. The van der Waals surface area contributed by atoms with Gasteiger partial charge in [-0.25, -0.2) is 8.42 Å². The smallest absolute Gasteiger partial charge is 0.243 e. The second-order valence-electron chi connectivity index (χ2n) is 7.02. The zero-order chi connectivity index (χ0) is 20.6. The topological polar surface area (TPSA) is 110 Å². The Hall–Kier alpha value is -1.52. The molecule has 0 bridgehead atoms. The van der Waals surface area contributed by atoms with Crippen molar-refractivity contribution >= 4 is 15.9 Å². The predicted octanol–water partition coefficient (Wildman–Crippen LogP) is -0.0590. The maximum absolute atomic E-state index is 13.0. The van der Waals surface area contributed by atoms with Gasteiger partial charge in [0.05, 0.1) is 18.1 Å². The van der Waals surface area contributed by atoms with Gasteiger partial charge in [-0.1, -0.05) is 24.1 Å². The molecule has 28 heavy (non-hydrogen) atoms. The summed E-state index contributed by atoms with van der Waals surface area (Å²) in [6.07, 6.45) is 2.03. The Morgan fingerprint density at radius 3 is 2.39 bits per heavy atom. The number of benzene rings is 1. The van der Waals surface area contributed by atoms with Crippen LogP contribution in [0, 0.1) is 6.92 Å². The number of aryl methyl sites for hydroxylation is 1. The molecular formula is C19H31N3O5S. The molecule has 1 fully saturated rings. The predicted molar refractivity (Wildman–Crippen MR) is 106 cm³/mol. The minimum atomic E-state index is -3.74. The van der Waals surface area contributed by atoms with Crippen LogP contribution in [0.3, 0.4) is 0 Å². The van der Waals surface area contributed by atoms with Crippen molar-refractivity contribution in [3.8, 4) is 0 Å². The summed E-state index contributed by atoms with van der Waals surface area (Å²) < 4.78 is 27.4. The number of piperidine rings is 1. The molecule has 1 aromatic rings. The zero-order valence-corrected chi connectivity index (χ0v) is 17.2. The van der Waals surface area contributed by atoms with Gasteiger partial charge in [-0.2, -0.15) is 4.31 Å². The lowest BCUT2D eigenvalue weighted by molar-refractivity contribution is -0.125. The third kappa shape index (κ3) is 5.99. The van der Waals surface area contributed by atoms with Crippen LogP contribution in [-0.4, -0.2) is 85.7 Å². The zero-order valence-electron chi connectivity index (χ0n) is 16.4. The van der Waals surface area contributed by atoms with Gasteiger partial charge < -0.3 is 15.5 Å². The van der Waals surface area contributed by atoms with Gasteiger partial charge in [-0.05, 0) is 31.9 Å². The van der Waals surface area contributed by atoms with E-state index in [-0.39, 0.29) is 24.0 Å². The van der Waals surface area contributed by atoms with Gasteiger partial charge >= 0.3 is 0 Å². The number of hydrogen-bond donors (Lipinski definition) is 3. The van der Waals surface area contributed by atoms with E-state index in [1.165, 1.54) is 4.31 Å². The Labute approximate surface area is 167 Å². The van der Waals surface area contributed by atoms with Crippen molar-refractivity contribution < 1.29 is 23.4 Å². The molecule has 158 valence electrons. The molecule has 8 nitrogen and oxygen atoms in total. The summed E-state index contributed by atoms with van der Waals surface area (Å²) in [6.45, 7) is 3.79. The number of sulfonamides is 1. The molecule has 1 atom stereocenters. The maximum Gasteiger partial charge on any atom is 0.243 e. The fourth-order valence-electron chi connectivity index (χ4n) is 3.37. The molecule has 1 heterocycles. The van der Waals surface area contributed by atoms with E-state index in [9.17, 15) is 13.2 Å². The van der Waals surface area contributed by atoms with Crippen molar-refractivity contribution in [2.24, 2.45) is 0 Å². The third-order valence-electron chi connectivity index (χ3n) is 4.94. The monoisotopic (exact) mass is 413 g/mol. The first-order valence-electron chi connectivity index (χ1n) is 9.70. The number of rotatable bonds is 10. The molecule has 1 aliphatic rings. The lowest BCUT2D eigenvalue weighted by atomic mass is 10.0. The van der Waals surface area contributed by atoms with E-state index >= 15 is 0 Å². The summed E-state index contributed by atoms with van der Waals surface area (Å²) in [5.41, 5.74) is 0.974. The summed E-state index contributed by atoms with van der Waals surface area (Å²) in [6, 6.07) is 5.95. The molecule has 0 spiro atoms. The first kappa shape index (κ1) is 22.8. The Kier molecular flexibility index (Phi) is 8.84. The van der Waals surface area contributed by atoms with Crippen molar-refractivity contribution in [3.63, 3.8) is 0 Å². The number of nitrogens with one attached hydrogen (secondary N) is 1. The van der Waals surface area contributed by atoms with Gasteiger partial charge in [0.15, 0.2) is 0 Å². The Morgan fingerprint density at radius 2 is 1.79 bits per heavy atom. The first-order chi connectivity index (χ1) is 13.4. The van der Waals surface area contributed by atoms with E-state index in [0.29, 0.717) is 39.1 Å². The molecule has 2 rings (SSSR count). The van der Waals surface area contributed by atoms with Crippen LogP contribution in [0.2, 0.25) is 0 Å². The molecule has 9 heteroatoms. The van der Waals surface area contributed by atoms with Gasteiger partial charge in [-0.3, -0.25) is 9.69 Å². The highest BCUT2D eigenvalue weighted by Crippen LogP contribution is 2.25. The van der Waals surface area contributed by atoms with E-state index in [1.807, 2.05) is 11.8 Å². The molecule has 1 aliphatic heterocycles. The number of aliphatic hydroxyl groups excluding tert-OH is 2. The molecule has 1 amide bonds. The number of aliphatic hydroxyl groups is 2. The van der Waals surface area contributed by atoms with E-state index < -0.39 is 16.1 Å². The Morgan fingerprint density at radius 1 is 1.14 bits per heavy atom. The summed E-state index contributed by atoms with van der Waals surface area (Å²) in [5.74, 6) is -0.302. The molecule has 1 saturated heterocycles. The van der Waals surface area contributed by atoms with E-state index in [4.69, 9.17) is 10.2 Å². The molecule has 1 aromatic carbocycles. The van der Waals surface area contributed by atoms with Crippen LogP contribution >= 0.6 is 0 Å². The van der Waals surface area contributed by atoms with Crippen molar-refractivity contribution in [1.82, 2.24) is 14.5 Å². The van der Waals surface area contributed by atoms with Crippen LogP contribution in [0.1, 0.15) is 24.8 Å². The lowest BCUT2D eigenvalue weighted by Crippen LogP contribution is -2.52. The highest BCUT2D eigenvalue weighted by Gasteiger charge is 2.37. The summed E-state index contributed by atoms with van der Waals surface area (Å²) in [5, 5.41) is 20.9. The number of carbonyl (C=O) groups is 1. The number of nitrogens with zero attached hydrogens (tertiary/aromatic N) is 2. The highest BCUT2D eigenvalue weighted by atomic mass is 32.2. The molecule has 0 unspecified atom stereocenters. The molecular weight excluding hydrogens is 382 g/mol. The van der Waals surface area contributed by atoms with Gasteiger partial charge in [0.25, 0.3) is 0 Å². The standard InChI is InChI=1S/C19H31N3O5S/c1-16-5-7-17(8-6-16)28(26,27)22-10-3-2-4-18(22)19(25)20-9-11-21(12-14-23)13-15-24/h5-8,18,23-24H,2-4,9-15H2,1H3,(H,20,25)/t18-/m0/s1. The van der Waals surface area contributed by atoms with Crippen molar-refractivity contribution in [2.45, 2.75) is 37.1 Å². The summed E-state index contributed by atoms with van der Waals surface area (Å²) in [4.78, 5) is 14.7. The van der Waals surface area contributed by atoms with Crippen LogP contribution < -0.4 is 5.32 Å². The quantitative estimate of drug-likeness (QED) is 0.496. The van der Waals surface area contributed by atoms with Crippen LogP contribution in [0.25, 0.3) is 0 Å². The molecule has 0 aliphatic carbocycles. The summed E-state index contributed by atoms with van der Waals surface area (Å²) >= 11 is 0.